The summed E-state index contributed by atoms with van der Waals surface area (Å²) in [7, 11) is 0. The minimum Gasteiger partial charge on any atom is -1.00 e. The molecule has 0 heterocycles. The third-order valence-electron chi connectivity index (χ3n) is 0.793. The summed E-state index contributed by atoms with van der Waals surface area (Å²) in [5, 5.41) is 34.4. The fourth-order valence-corrected chi connectivity index (χ4v) is 0.257. The Morgan fingerprint density at radius 3 is 1.91 bits per heavy atom. The largest absolute Gasteiger partial charge is 2.00 e. The smallest absolute Gasteiger partial charge is 1.00 e. The fraction of sp³-hybridized carbons (Fsp3) is 0.750. The first-order valence-electron chi connectivity index (χ1n) is 2.27. The van der Waals surface area contributed by atoms with E-state index in [1.807, 2.05) is 0 Å². The van der Waals surface area contributed by atoms with Crippen molar-refractivity contribution in [2.45, 2.75) is 12.2 Å². The van der Waals surface area contributed by atoms with Gasteiger partial charge in [-0.15, -0.1) is 0 Å². The van der Waals surface area contributed by atoms with E-state index in [0.29, 0.717) is 0 Å². The molecule has 0 spiro atoms. The van der Waals surface area contributed by atoms with Gasteiger partial charge in [-0.2, -0.15) is 0 Å². The molecule has 0 aromatic carbocycles. The van der Waals surface area contributed by atoms with E-state index in [1.165, 1.54) is 0 Å². The van der Waals surface area contributed by atoms with Gasteiger partial charge in [0.05, 0.1) is 12.6 Å². The van der Waals surface area contributed by atoms with Crippen molar-refractivity contribution in [3.63, 3.8) is 0 Å². The van der Waals surface area contributed by atoms with Gasteiger partial charge >= 0.3 is 37.7 Å². The summed E-state index contributed by atoms with van der Waals surface area (Å²) in [6.07, 6.45) is -3.66. The van der Waals surface area contributed by atoms with E-state index < -0.39 is 24.8 Å². The predicted molar refractivity (Wildman–Crippen MR) is 29.9 cm³/mol. The van der Waals surface area contributed by atoms with E-state index in [4.69, 9.17) is 15.3 Å². The Morgan fingerprint density at radius 2 is 1.82 bits per heavy atom. The molecule has 0 aliphatic rings. The number of hydrogen-bond donors (Lipinski definition) is 3. The Balaban J connectivity index is -0.000000320. The van der Waals surface area contributed by atoms with Crippen LogP contribution in [0.2, 0.25) is 0 Å². The molecule has 0 rings (SSSR count). The van der Waals surface area contributed by atoms with Crippen molar-refractivity contribution in [2.75, 3.05) is 6.61 Å². The molecule has 0 saturated heterocycles. The van der Waals surface area contributed by atoms with Crippen LogP contribution in [0.3, 0.4) is 0 Å². The Bertz CT molecular complexity index is 111. The molecule has 3 N–H and O–H groups in total. The van der Waals surface area contributed by atoms with E-state index in [1.54, 1.807) is 0 Å². The molecule has 0 aliphatic heterocycles. The Hall–Kier alpha value is 0.900. The molecule has 62 valence electrons. The molecule has 11 heavy (non-hydrogen) atoms. The second-order valence-corrected chi connectivity index (χ2v) is 1.51. The Kier molecular flexibility index (Phi) is 14.6. The van der Waals surface area contributed by atoms with Crippen LogP contribution in [0.15, 0.2) is 0 Å². The summed E-state index contributed by atoms with van der Waals surface area (Å²) in [6.45, 7) is -0.796. The van der Waals surface area contributed by atoms with E-state index in [2.05, 4.69) is 0 Å². The van der Waals surface area contributed by atoms with Crippen LogP contribution in [0, 0.1) is 0 Å². The maximum absolute atomic E-state index is 9.67. The molecule has 0 bridgehead atoms. The van der Waals surface area contributed by atoms with Gasteiger partial charge in [0.25, 0.3) is 0 Å². The number of carboxylic acids is 1. The topological polar surface area (TPSA) is 101 Å². The fourth-order valence-electron chi connectivity index (χ4n) is 0.257. The standard InChI is InChI=1S/C4H8O5.Ca.ClH/c5-1-2(6)3(7)4(8)9;;/h2-3,5-7H,1H2,(H,8,9);;1H/q;+2;/p-2/t2-,3+;;/m1../s1. The zero-order valence-electron chi connectivity index (χ0n) is 5.61. The molecule has 0 fully saturated rings. The first-order valence-corrected chi connectivity index (χ1v) is 2.27. The molecule has 0 unspecified atom stereocenters. The van der Waals surface area contributed by atoms with Gasteiger partial charge in [-0.25, -0.2) is 0 Å². The molecule has 2 atom stereocenters. The third-order valence-corrected chi connectivity index (χ3v) is 0.793. The number of rotatable bonds is 3. The summed E-state index contributed by atoms with van der Waals surface area (Å²) in [5.74, 6) is -1.79. The van der Waals surface area contributed by atoms with Crippen LogP contribution in [0.5, 0.6) is 0 Å². The van der Waals surface area contributed by atoms with E-state index in [-0.39, 0.29) is 50.1 Å². The van der Waals surface area contributed by atoms with Crippen LogP contribution in [0.4, 0.5) is 0 Å². The zero-order chi connectivity index (χ0) is 7.44. The van der Waals surface area contributed by atoms with Crippen LogP contribution in [0.1, 0.15) is 0 Å². The quantitative estimate of drug-likeness (QED) is 0.402. The Labute approximate surface area is 99.4 Å². The molecule has 0 aromatic heterocycles. The summed E-state index contributed by atoms with van der Waals surface area (Å²) in [4.78, 5) is 9.67. The van der Waals surface area contributed by atoms with E-state index >= 15 is 0 Å². The third kappa shape index (κ3) is 7.27. The molecule has 7 heteroatoms. The molecule has 0 saturated carbocycles. The molecular weight excluding hydrogens is 204 g/mol. The number of carbonyl (C=O) groups is 1. The van der Waals surface area contributed by atoms with Gasteiger partial charge in [0, 0.05) is 0 Å². The van der Waals surface area contributed by atoms with Crippen molar-refractivity contribution in [3.05, 3.63) is 0 Å². The van der Waals surface area contributed by atoms with Crippen LogP contribution >= 0.6 is 0 Å². The first-order chi connectivity index (χ1) is 4.09. The number of aliphatic hydroxyl groups excluding tert-OH is 3. The van der Waals surface area contributed by atoms with Crippen LogP contribution in [0.25, 0.3) is 0 Å². The average Bonchev–Trinajstić information content (AvgIpc) is 1.84. The molecule has 5 nitrogen and oxygen atoms in total. The summed E-state index contributed by atoms with van der Waals surface area (Å²) in [5.41, 5.74) is 0. The molecule has 0 radical (unpaired) electrons. The van der Waals surface area contributed by atoms with Crippen molar-refractivity contribution in [3.8, 4) is 0 Å². The van der Waals surface area contributed by atoms with Crippen LogP contribution in [-0.4, -0.2) is 77.8 Å². The normalized spacial score (nSPS) is 13.7. The first kappa shape index (κ1) is 17.8. The molecular formula is C4H7CaClO5. The van der Waals surface area contributed by atoms with Crippen LogP contribution < -0.4 is 17.5 Å². The maximum Gasteiger partial charge on any atom is 2.00 e. The van der Waals surface area contributed by atoms with Crippen LogP contribution in [-0.2, 0) is 4.79 Å². The van der Waals surface area contributed by atoms with Crippen molar-refractivity contribution < 1.29 is 37.6 Å². The second kappa shape index (κ2) is 8.99. The summed E-state index contributed by atoms with van der Waals surface area (Å²) in [6, 6.07) is 0. The summed E-state index contributed by atoms with van der Waals surface area (Å²) < 4.78 is 0. The van der Waals surface area contributed by atoms with Crippen molar-refractivity contribution in [2.24, 2.45) is 0 Å². The number of hydrogen-bond acceptors (Lipinski definition) is 5. The average molecular weight is 211 g/mol. The van der Waals surface area contributed by atoms with Gasteiger partial charge in [-0.3, -0.25) is 0 Å². The van der Waals surface area contributed by atoms with E-state index in [0.717, 1.165) is 0 Å². The zero-order valence-corrected chi connectivity index (χ0v) is 8.57. The summed E-state index contributed by atoms with van der Waals surface area (Å²) >= 11 is 0. The SMILES string of the molecule is O=C([O-])[C@@H](O)[C@H](O)CO.[Ca+2].[Cl-]. The van der Waals surface area contributed by atoms with Gasteiger partial charge in [-0.05, 0) is 0 Å². The molecule has 0 aromatic rings. The van der Waals surface area contributed by atoms with Crippen molar-refractivity contribution >= 4 is 43.7 Å². The number of aliphatic carboxylic acids is 1. The number of halogens is 1. The van der Waals surface area contributed by atoms with Gasteiger partial charge in [0.2, 0.25) is 0 Å². The van der Waals surface area contributed by atoms with Gasteiger partial charge in [-0.1, -0.05) is 0 Å². The minimum atomic E-state index is -2.00. The molecule has 0 amide bonds. The Morgan fingerprint density at radius 1 is 1.45 bits per heavy atom. The molecule has 0 aliphatic carbocycles. The predicted octanol–water partition coefficient (Wildman–Crippen LogP) is -6.93. The van der Waals surface area contributed by atoms with Crippen molar-refractivity contribution in [1.82, 2.24) is 0 Å². The minimum absolute atomic E-state index is 0. The van der Waals surface area contributed by atoms with Crippen molar-refractivity contribution in [1.29, 1.82) is 0 Å². The monoisotopic (exact) mass is 210 g/mol. The van der Waals surface area contributed by atoms with Gasteiger partial charge < -0.3 is 37.6 Å². The number of carboxylic acid groups (broad SMARTS) is 1. The maximum atomic E-state index is 9.67. The van der Waals surface area contributed by atoms with Gasteiger partial charge in [0.15, 0.2) is 0 Å². The number of carbonyl (C=O) groups excluding carboxylic acids is 1. The van der Waals surface area contributed by atoms with Gasteiger partial charge in [0.1, 0.15) is 12.2 Å². The number of aliphatic hydroxyl groups is 3. The second-order valence-electron chi connectivity index (χ2n) is 1.51. The van der Waals surface area contributed by atoms with E-state index in [9.17, 15) is 9.90 Å².